The van der Waals surface area contributed by atoms with Gasteiger partial charge in [-0.15, -0.1) is 11.3 Å². The third kappa shape index (κ3) is 3.14. The number of nitrogens with zero attached hydrogens (tertiary/aromatic N) is 3. The molecule has 2 heterocycles. The number of hydrogen-bond acceptors (Lipinski definition) is 6. The van der Waals surface area contributed by atoms with Crippen LogP contribution in [0, 0.1) is 6.92 Å². The van der Waals surface area contributed by atoms with E-state index in [1.807, 2.05) is 29.6 Å². The van der Waals surface area contributed by atoms with E-state index in [9.17, 15) is 14.7 Å². The number of nitrogens with two attached hydrogens (primary N) is 1. The predicted molar refractivity (Wildman–Crippen MR) is 108 cm³/mol. The van der Waals surface area contributed by atoms with Crippen LogP contribution in [0.25, 0.3) is 22.3 Å². The quantitative estimate of drug-likeness (QED) is 0.555. The smallest absolute Gasteiger partial charge is 0.272 e. The number of fused-ring (bicyclic) bond motifs is 1. The van der Waals surface area contributed by atoms with Gasteiger partial charge in [-0.05, 0) is 37.3 Å². The molecule has 0 saturated carbocycles. The van der Waals surface area contributed by atoms with Gasteiger partial charge in [0.15, 0.2) is 0 Å². The lowest BCUT2D eigenvalue weighted by molar-refractivity contribution is 0.0998. The fourth-order valence-corrected chi connectivity index (χ4v) is 3.81. The Labute approximate surface area is 163 Å². The standard InChI is InChI=1S/C20H16N4O3S/c1-11-20(27)24(16-5-3-2-4-14(16)22-11)9-18-23-15(10-28-18)12-6-7-17(25)13(8-12)19(21)26/h2-8,10,25H,9H2,1H3,(H2,21,26). The molecule has 0 atom stereocenters. The molecule has 140 valence electrons. The fraction of sp³-hybridized carbons (Fsp3) is 0.100. The van der Waals surface area contributed by atoms with Crippen LogP contribution in [0.15, 0.2) is 52.6 Å². The van der Waals surface area contributed by atoms with Crippen LogP contribution in [-0.2, 0) is 6.54 Å². The third-order valence-corrected chi connectivity index (χ3v) is 5.25. The molecule has 4 aromatic rings. The summed E-state index contributed by atoms with van der Waals surface area (Å²) in [5, 5.41) is 12.3. The second kappa shape index (κ2) is 6.90. The molecule has 0 spiro atoms. The lowest BCUT2D eigenvalue weighted by atomic mass is 10.1. The number of aryl methyl sites for hydroxylation is 1. The van der Waals surface area contributed by atoms with Crippen LogP contribution in [0.5, 0.6) is 5.75 Å². The highest BCUT2D eigenvalue weighted by Crippen LogP contribution is 2.27. The molecule has 0 aliphatic rings. The van der Waals surface area contributed by atoms with Crippen molar-refractivity contribution < 1.29 is 9.90 Å². The van der Waals surface area contributed by atoms with Crippen molar-refractivity contribution in [2.24, 2.45) is 5.73 Å². The molecule has 0 bridgehead atoms. The highest BCUT2D eigenvalue weighted by Gasteiger charge is 2.13. The summed E-state index contributed by atoms with van der Waals surface area (Å²) in [4.78, 5) is 33.0. The van der Waals surface area contributed by atoms with Crippen molar-refractivity contribution in [3.8, 4) is 17.0 Å². The average molecular weight is 392 g/mol. The first kappa shape index (κ1) is 17.9. The molecule has 0 unspecified atom stereocenters. The van der Waals surface area contributed by atoms with Gasteiger partial charge >= 0.3 is 0 Å². The molecule has 28 heavy (non-hydrogen) atoms. The number of amides is 1. The predicted octanol–water partition coefficient (Wildman–Crippen LogP) is 2.68. The van der Waals surface area contributed by atoms with Crippen LogP contribution in [0.2, 0.25) is 0 Å². The number of phenols is 1. The van der Waals surface area contributed by atoms with Gasteiger partial charge in [0.25, 0.3) is 11.5 Å². The van der Waals surface area contributed by atoms with Gasteiger partial charge in [0, 0.05) is 10.9 Å². The van der Waals surface area contributed by atoms with E-state index in [0.717, 1.165) is 16.0 Å². The lowest BCUT2D eigenvalue weighted by Gasteiger charge is -2.09. The molecular weight excluding hydrogens is 376 g/mol. The van der Waals surface area contributed by atoms with E-state index in [-0.39, 0.29) is 16.9 Å². The zero-order valence-corrected chi connectivity index (χ0v) is 15.7. The largest absolute Gasteiger partial charge is 0.507 e. The summed E-state index contributed by atoms with van der Waals surface area (Å²) in [6.45, 7) is 2.01. The Balaban J connectivity index is 1.73. The lowest BCUT2D eigenvalue weighted by Crippen LogP contribution is -2.24. The van der Waals surface area contributed by atoms with Crippen LogP contribution in [0.3, 0.4) is 0 Å². The number of carbonyl (C=O) groups is 1. The maximum absolute atomic E-state index is 12.6. The van der Waals surface area contributed by atoms with Crippen molar-refractivity contribution in [2.45, 2.75) is 13.5 Å². The minimum atomic E-state index is -0.708. The molecular formula is C20H16N4O3S. The topological polar surface area (TPSA) is 111 Å². The number of thiazole rings is 1. The summed E-state index contributed by atoms with van der Waals surface area (Å²) >= 11 is 1.41. The van der Waals surface area contributed by atoms with E-state index < -0.39 is 5.91 Å². The Bertz CT molecular complexity index is 1280. The van der Waals surface area contributed by atoms with E-state index in [1.165, 1.54) is 23.5 Å². The summed E-state index contributed by atoms with van der Waals surface area (Å²) in [5.41, 5.74) is 8.41. The fourth-order valence-electron chi connectivity index (χ4n) is 3.02. The number of carbonyl (C=O) groups excluding carboxylic acids is 1. The van der Waals surface area contributed by atoms with Crippen LogP contribution in [-0.4, -0.2) is 25.5 Å². The van der Waals surface area contributed by atoms with Crippen LogP contribution in [0.4, 0.5) is 0 Å². The molecule has 0 radical (unpaired) electrons. The summed E-state index contributed by atoms with van der Waals surface area (Å²) in [5.74, 6) is -0.878. The van der Waals surface area contributed by atoms with Gasteiger partial charge in [0.05, 0.1) is 28.8 Å². The Morgan fingerprint density at radius 2 is 2.00 bits per heavy atom. The highest BCUT2D eigenvalue weighted by atomic mass is 32.1. The molecule has 8 heteroatoms. The van der Waals surface area contributed by atoms with E-state index in [4.69, 9.17) is 5.73 Å². The van der Waals surface area contributed by atoms with Gasteiger partial charge in [-0.1, -0.05) is 12.1 Å². The third-order valence-electron chi connectivity index (χ3n) is 4.42. The number of hydrogen-bond donors (Lipinski definition) is 2. The average Bonchev–Trinajstić information content (AvgIpc) is 3.14. The van der Waals surface area contributed by atoms with Crippen LogP contribution >= 0.6 is 11.3 Å². The van der Waals surface area contributed by atoms with Gasteiger partial charge < -0.3 is 10.8 Å². The number of para-hydroxylation sites is 2. The number of primary amides is 1. The zero-order chi connectivity index (χ0) is 19.8. The first-order valence-electron chi connectivity index (χ1n) is 8.48. The molecule has 0 aliphatic heterocycles. The Kier molecular flexibility index (Phi) is 4.40. The number of rotatable bonds is 4. The summed E-state index contributed by atoms with van der Waals surface area (Å²) in [6, 6.07) is 12.1. The van der Waals surface area contributed by atoms with E-state index >= 15 is 0 Å². The van der Waals surface area contributed by atoms with E-state index in [2.05, 4.69) is 9.97 Å². The number of aromatic hydroxyl groups is 1. The minimum Gasteiger partial charge on any atom is -0.507 e. The molecule has 4 rings (SSSR count). The van der Waals surface area contributed by atoms with Crippen molar-refractivity contribution in [3.05, 3.63) is 74.5 Å². The normalized spacial score (nSPS) is 11.0. The first-order chi connectivity index (χ1) is 13.4. The summed E-state index contributed by atoms with van der Waals surface area (Å²) in [6.07, 6.45) is 0. The molecule has 7 nitrogen and oxygen atoms in total. The SMILES string of the molecule is Cc1nc2ccccc2n(Cc2nc(-c3ccc(O)c(C(N)=O)c3)cs2)c1=O. The molecule has 3 N–H and O–H groups in total. The Hall–Kier alpha value is -3.52. The highest BCUT2D eigenvalue weighted by molar-refractivity contribution is 7.09. The van der Waals surface area contributed by atoms with Gasteiger partial charge in [-0.2, -0.15) is 0 Å². The molecule has 2 aromatic heterocycles. The molecule has 2 aromatic carbocycles. The molecule has 1 amide bonds. The van der Waals surface area contributed by atoms with Crippen LogP contribution in [0.1, 0.15) is 21.1 Å². The zero-order valence-electron chi connectivity index (χ0n) is 14.9. The van der Waals surface area contributed by atoms with E-state index in [1.54, 1.807) is 17.6 Å². The monoisotopic (exact) mass is 392 g/mol. The van der Waals surface area contributed by atoms with E-state index in [0.29, 0.717) is 23.5 Å². The molecule has 0 saturated heterocycles. The number of aromatic nitrogens is 3. The summed E-state index contributed by atoms with van der Waals surface area (Å²) < 4.78 is 1.66. The van der Waals surface area contributed by atoms with Gasteiger partial charge in [0.2, 0.25) is 0 Å². The summed E-state index contributed by atoms with van der Waals surface area (Å²) in [7, 11) is 0. The first-order valence-corrected chi connectivity index (χ1v) is 9.36. The van der Waals surface area contributed by atoms with Crippen molar-refractivity contribution in [1.82, 2.24) is 14.5 Å². The van der Waals surface area contributed by atoms with Crippen molar-refractivity contribution >= 4 is 28.3 Å². The minimum absolute atomic E-state index is 0.0408. The van der Waals surface area contributed by atoms with Crippen molar-refractivity contribution in [2.75, 3.05) is 0 Å². The van der Waals surface area contributed by atoms with Gasteiger partial charge in [0.1, 0.15) is 16.5 Å². The maximum atomic E-state index is 12.6. The molecule has 0 aliphatic carbocycles. The second-order valence-corrected chi connectivity index (χ2v) is 7.24. The number of benzene rings is 2. The van der Waals surface area contributed by atoms with Crippen molar-refractivity contribution in [3.63, 3.8) is 0 Å². The van der Waals surface area contributed by atoms with Gasteiger partial charge in [-0.25, -0.2) is 9.97 Å². The van der Waals surface area contributed by atoms with Crippen molar-refractivity contribution in [1.29, 1.82) is 0 Å². The molecule has 0 fully saturated rings. The Morgan fingerprint density at radius 3 is 2.79 bits per heavy atom. The maximum Gasteiger partial charge on any atom is 0.272 e. The van der Waals surface area contributed by atoms with Crippen LogP contribution < -0.4 is 11.3 Å². The Morgan fingerprint density at radius 1 is 1.21 bits per heavy atom. The second-order valence-electron chi connectivity index (χ2n) is 6.30. The van der Waals surface area contributed by atoms with Gasteiger partial charge in [-0.3, -0.25) is 14.2 Å².